The first-order valence-corrected chi connectivity index (χ1v) is 9.97. The largest absolute Gasteiger partial charge is 0.480 e. The fraction of sp³-hybridized carbons (Fsp3) is 0.421. The first-order valence-electron chi connectivity index (χ1n) is 8.52. The second-order valence-corrected chi connectivity index (χ2v) is 8.08. The summed E-state index contributed by atoms with van der Waals surface area (Å²) in [4.78, 5) is 18.6. The normalized spacial score (nSPS) is 16.1. The van der Waals surface area contributed by atoms with E-state index < -0.39 is 5.54 Å². The lowest BCUT2D eigenvalue weighted by atomic mass is 9.81. The van der Waals surface area contributed by atoms with Gasteiger partial charge in [-0.25, -0.2) is 0 Å². The molecule has 0 radical (unpaired) electrons. The summed E-state index contributed by atoms with van der Waals surface area (Å²) in [5.41, 5.74) is -0.0842. The van der Waals surface area contributed by atoms with E-state index >= 15 is 0 Å². The van der Waals surface area contributed by atoms with Crippen molar-refractivity contribution in [1.29, 1.82) is 5.26 Å². The van der Waals surface area contributed by atoms with Crippen molar-refractivity contribution >= 4 is 51.0 Å². The second kappa shape index (κ2) is 7.97. The zero-order chi connectivity index (χ0) is 18.7. The molecule has 1 heterocycles. The minimum Gasteiger partial charge on any atom is -0.480 e. The molecule has 2 aromatic rings. The molecule has 1 aromatic carbocycles. The van der Waals surface area contributed by atoms with Gasteiger partial charge in [-0.15, -0.1) is 0 Å². The van der Waals surface area contributed by atoms with Crippen LogP contribution in [0.4, 0.5) is 0 Å². The molecule has 26 heavy (non-hydrogen) atoms. The maximum Gasteiger partial charge on any atom is 0.261 e. The second-order valence-electron chi connectivity index (χ2n) is 6.51. The number of hydrogen-bond donors (Lipinski definition) is 0. The summed E-state index contributed by atoms with van der Waals surface area (Å²) >= 11 is 8.40. The van der Waals surface area contributed by atoms with Crippen molar-refractivity contribution in [2.45, 2.75) is 37.6 Å². The molecule has 0 bridgehead atoms. The standard InChI is InChI=1S/C19H19ClIN3O2/c1-24(19(12-22)7-3-2-4-8-19)16(25)11-26-18-15(21)10-14(20)13-6-5-9-23-17(13)18/h5-6,9-10H,2-4,7-8,11H2,1H3. The third kappa shape index (κ3) is 3.60. The minimum atomic E-state index is -0.716. The number of carbonyl (C=O) groups excluding carboxylic acids is 1. The Morgan fingerprint density at radius 1 is 1.46 bits per heavy atom. The fourth-order valence-corrected chi connectivity index (χ4v) is 4.58. The summed E-state index contributed by atoms with van der Waals surface area (Å²) < 4.78 is 6.63. The quantitative estimate of drug-likeness (QED) is 0.598. The molecule has 0 spiro atoms. The molecular formula is C19H19ClIN3O2. The zero-order valence-electron chi connectivity index (χ0n) is 14.5. The minimum absolute atomic E-state index is 0.136. The van der Waals surface area contributed by atoms with Gasteiger partial charge in [0.2, 0.25) is 0 Å². The number of amides is 1. The van der Waals surface area contributed by atoms with Crippen LogP contribution in [-0.4, -0.2) is 35.0 Å². The van der Waals surface area contributed by atoms with Crippen molar-refractivity contribution < 1.29 is 9.53 Å². The van der Waals surface area contributed by atoms with Crippen LogP contribution in [-0.2, 0) is 4.79 Å². The monoisotopic (exact) mass is 483 g/mol. The summed E-state index contributed by atoms with van der Waals surface area (Å²) in [6.07, 6.45) is 6.15. The lowest BCUT2D eigenvalue weighted by Crippen LogP contribution is -2.51. The molecule has 3 rings (SSSR count). The molecule has 0 saturated heterocycles. The molecule has 0 atom stereocenters. The van der Waals surface area contributed by atoms with Crippen molar-refractivity contribution in [3.05, 3.63) is 33.0 Å². The number of aromatic nitrogens is 1. The molecule has 1 saturated carbocycles. The van der Waals surface area contributed by atoms with E-state index in [1.165, 1.54) is 0 Å². The number of rotatable bonds is 4. The number of halogens is 2. The van der Waals surface area contributed by atoms with E-state index in [4.69, 9.17) is 16.3 Å². The molecule has 5 nitrogen and oxygen atoms in total. The number of nitriles is 1. The Hall–Kier alpha value is -1.59. The van der Waals surface area contributed by atoms with Crippen LogP contribution in [0, 0.1) is 14.9 Å². The van der Waals surface area contributed by atoms with Crippen LogP contribution < -0.4 is 4.74 Å². The van der Waals surface area contributed by atoms with E-state index in [2.05, 4.69) is 33.6 Å². The highest BCUT2D eigenvalue weighted by Gasteiger charge is 2.38. The number of pyridine rings is 1. The molecule has 136 valence electrons. The van der Waals surface area contributed by atoms with Crippen molar-refractivity contribution in [2.24, 2.45) is 0 Å². The predicted molar refractivity (Wildman–Crippen MR) is 109 cm³/mol. The zero-order valence-corrected chi connectivity index (χ0v) is 17.4. The third-order valence-corrected chi connectivity index (χ3v) is 6.11. The van der Waals surface area contributed by atoms with Crippen LogP contribution in [0.15, 0.2) is 24.4 Å². The molecule has 1 fully saturated rings. The van der Waals surface area contributed by atoms with Crippen molar-refractivity contribution in [1.82, 2.24) is 9.88 Å². The Morgan fingerprint density at radius 3 is 2.88 bits per heavy atom. The molecule has 7 heteroatoms. The van der Waals surface area contributed by atoms with E-state index in [9.17, 15) is 10.1 Å². The maximum atomic E-state index is 12.7. The maximum absolute atomic E-state index is 12.7. The van der Waals surface area contributed by atoms with Crippen molar-refractivity contribution in [2.75, 3.05) is 13.7 Å². The van der Waals surface area contributed by atoms with Crippen LogP contribution in [0.5, 0.6) is 5.75 Å². The Morgan fingerprint density at radius 2 is 2.19 bits per heavy atom. The summed E-state index contributed by atoms with van der Waals surface area (Å²) in [6, 6.07) is 7.84. The first-order chi connectivity index (χ1) is 12.5. The number of carbonyl (C=O) groups is 1. The van der Waals surface area contributed by atoms with Crippen LogP contribution in [0.25, 0.3) is 10.9 Å². The average Bonchev–Trinajstić information content (AvgIpc) is 2.67. The highest BCUT2D eigenvalue weighted by molar-refractivity contribution is 14.1. The van der Waals surface area contributed by atoms with Gasteiger partial charge in [0.05, 0.1) is 14.7 Å². The Kier molecular flexibility index (Phi) is 5.88. The van der Waals surface area contributed by atoms with Crippen molar-refractivity contribution in [3.63, 3.8) is 0 Å². The first kappa shape index (κ1) is 19.2. The summed E-state index contributed by atoms with van der Waals surface area (Å²) in [5.74, 6) is 0.338. The molecule has 0 aliphatic heterocycles. The number of benzene rings is 1. The third-order valence-electron chi connectivity index (χ3n) is 5.00. The molecule has 1 aromatic heterocycles. The SMILES string of the molecule is CN(C(=O)COc1c(I)cc(Cl)c2cccnc12)C1(C#N)CCCCC1. The Balaban J connectivity index is 1.80. The summed E-state index contributed by atoms with van der Waals surface area (Å²) in [6.45, 7) is -0.136. The number of likely N-dealkylation sites (N-methyl/N-ethyl adjacent to an activating group) is 1. The smallest absolute Gasteiger partial charge is 0.261 e. The Bertz CT molecular complexity index is 875. The van der Waals surface area contributed by atoms with Gasteiger partial charge in [0.15, 0.2) is 12.4 Å². The van der Waals surface area contributed by atoms with E-state index in [1.54, 1.807) is 24.2 Å². The van der Waals surface area contributed by atoms with Gasteiger partial charge in [-0.05, 0) is 53.6 Å². The van der Waals surface area contributed by atoms with Gasteiger partial charge < -0.3 is 9.64 Å². The van der Waals surface area contributed by atoms with Crippen LogP contribution in [0.1, 0.15) is 32.1 Å². The number of ether oxygens (including phenoxy) is 1. The fourth-order valence-electron chi connectivity index (χ4n) is 3.41. The number of fused-ring (bicyclic) bond motifs is 1. The van der Waals surface area contributed by atoms with Gasteiger partial charge in [0.1, 0.15) is 11.1 Å². The highest BCUT2D eigenvalue weighted by atomic mass is 127. The van der Waals surface area contributed by atoms with Gasteiger partial charge >= 0.3 is 0 Å². The van der Waals surface area contributed by atoms with Gasteiger partial charge in [0, 0.05) is 18.6 Å². The van der Waals surface area contributed by atoms with Crippen molar-refractivity contribution in [3.8, 4) is 11.8 Å². The van der Waals surface area contributed by atoms with Gasteiger partial charge in [-0.2, -0.15) is 5.26 Å². The van der Waals surface area contributed by atoms with E-state index in [0.29, 0.717) is 29.1 Å². The molecule has 1 aliphatic carbocycles. The molecule has 1 aliphatic rings. The topological polar surface area (TPSA) is 66.2 Å². The number of hydrogen-bond acceptors (Lipinski definition) is 4. The van der Waals surface area contributed by atoms with Crippen LogP contribution >= 0.6 is 34.2 Å². The average molecular weight is 484 g/mol. The molecular weight excluding hydrogens is 465 g/mol. The summed E-state index contributed by atoms with van der Waals surface area (Å²) in [7, 11) is 1.70. The Labute approximate surface area is 171 Å². The molecule has 0 N–H and O–H groups in total. The van der Waals surface area contributed by atoms with E-state index in [-0.39, 0.29) is 12.5 Å². The van der Waals surface area contributed by atoms with Gasteiger partial charge in [-0.1, -0.05) is 30.9 Å². The van der Waals surface area contributed by atoms with Crippen LogP contribution in [0.2, 0.25) is 5.02 Å². The van der Waals surface area contributed by atoms with Gasteiger partial charge in [0.25, 0.3) is 5.91 Å². The molecule has 1 amide bonds. The van der Waals surface area contributed by atoms with E-state index in [0.717, 1.165) is 28.2 Å². The molecule has 0 unspecified atom stereocenters. The van der Waals surface area contributed by atoms with Crippen LogP contribution in [0.3, 0.4) is 0 Å². The summed E-state index contributed by atoms with van der Waals surface area (Å²) in [5, 5.41) is 11.0. The lowest BCUT2D eigenvalue weighted by Gasteiger charge is -2.38. The number of nitrogens with zero attached hydrogens (tertiary/aromatic N) is 3. The lowest BCUT2D eigenvalue weighted by molar-refractivity contribution is -0.137. The van der Waals surface area contributed by atoms with E-state index in [1.807, 2.05) is 12.1 Å². The van der Waals surface area contributed by atoms with Gasteiger partial charge in [-0.3, -0.25) is 9.78 Å². The highest BCUT2D eigenvalue weighted by Crippen LogP contribution is 2.35. The predicted octanol–water partition coefficient (Wildman–Crippen LogP) is 4.56.